The number of fused-ring (bicyclic) bond motifs is 5. The molecule has 53 heavy (non-hydrogen) atoms. The van der Waals surface area contributed by atoms with Crippen LogP contribution in [0.25, 0.3) is 55.3 Å². The Morgan fingerprint density at radius 3 is 2.13 bits per heavy atom. The summed E-state index contributed by atoms with van der Waals surface area (Å²) >= 11 is 0. The molecule has 2 fully saturated rings. The summed E-state index contributed by atoms with van der Waals surface area (Å²) in [6.07, 6.45) is 15.9. The van der Waals surface area contributed by atoms with E-state index in [9.17, 15) is 4.79 Å². The van der Waals surface area contributed by atoms with Crippen LogP contribution in [0.3, 0.4) is 0 Å². The highest BCUT2D eigenvalue weighted by Gasteiger charge is 2.85. The Morgan fingerprint density at radius 2 is 1.36 bits per heavy atom. The van der Waals surface area contributed by atoms with Gasteiger partial charge >= 0.3 is 5.97 Å². The monoisotopic (exact) mass is 680 g/mol. The zero-order valence-corrected chi connectivity index (χ0v) is 29.8. The topological polar surface area (TPSA) is 26.3 Å². The second kappa shape index (κ2) is 6.73. The summed E-state index contributed by atoms with van der Waals surface area (Å²) in [7, 11) is 0. The van der Waals surface area contributed by atoms with Crippen molar-refractivity contribution in [2.75, 3.05) is 0 Å². The van der Waals surface area contributed by atoms with Crippen molar-refractivity contribution in [3.63, 3.8) is 0 Å². The van der Waals surface area contributed by atoms with Crippen LogP contribution in [0.5, 0.6) is 0 Å². The Hall–Kier alpha value is -4.17. The Morgan fingerprint density at radius 1 is 0.642 bits per heavy atom. The van der Waals surface area contributed by atoms with Gasteiger partial charge in [-0.15, -0.1) is 0 Å². The van der Waals surface area contributed by atoms with E-state index in [0.717, 1.165) is 0 Å². The van der Waals surface area contributed by atoms with Gasteiger partial charge in [-0.05, 0) is 179 Å². The molecule has 0 N–H and O–H groups in total. The third-order valence-corrected chi connectivity index (χ3v) is 20.5. The number of benzene rings is 4. The van der Waals surface area contributed by atoms with Gasteiger partial charge in [0, 0.05) is 47.3 Å². The summed E-state index contributed by atoms with van der Waals surface area (Å²) in [6.45, 7) is 1.70. The summed E-state index contributed by atoms with van der Waals surface area (Å²) in [5.41, 5.74) is 28.5. The smallest absolute Gasteiger partial charge is 0.302 e. The summed E-state index contributed by atoms with van der Waals surface area (Å²) in [4.78, 5) is 13.5. The first kappa shape index (κ1) is 25.0. The minimum atomic E-state index is -0.0887. The third-order valence-electron chi connectivity index (χ3n) is 20.5. The normalized spacial score (nSPS) is 43.9. The molecule has 0 heterocycles. The zero-order chi connectivity index (χ0) is 33.2. The molecule has 0 saturated heterocycles. The lowest BCUT2D eigenvalue weighted by molar-refractivity contribution is -0.147. The maximum absolute atomic E-state index is 13.5. The maximum Gasteiger partial charge on any atom is 0.302 e. The van der Waals surface area contributed by atoms with Crippen molar-refractivity contribution in [3.8, 4) is 22.3 Å². The lowest BCUT2D eigenvalue weighted by Gasteiger charge is -2.63. The summed E-state index contributed by atoms with van der Waals surface area (Å²) in [5, 5.41) is 10.6. The van der Waals surface area contributed by atoms with Gasteiger partial charge in [-0.2, -0.15) is 0 Å². The molecule has 2 saturated carbocycles. The Bertz CT molecular complexity index is 3230. The lowest BCUT2D eigenvalue weighted by Crippen LogP contribution is -2.63. The largest absolute Gasteiger partial charge is 0.461 e. The van der Waals surface area contributed by atoms with E-state index < -0.39 is 0 Å². The number of hydrogen-bond acceptors (Lipinski definition) is 2. The second-order valence-electron chi connectivity index (χ2n) is 20.6. The third kappa shape index (κ3) is 1.79. The fourth-order valence-corrected chi connectivity index (χ4v) is 20.6. The molecule has 2 heteroatoms. The van der Waals surface area contributed by atoms with E-state index in [1.54, 1.807) is 60.8 Å². The predicted molar refractivity (Wildman–Crippen MR) is 202 cm³/mol. The number of carbonyl (C=O) groups is 1. The van der Waals surface area contributed by atoms with E-state index in [1.807, 2.05) is 55.7 Å². The van der Waals surface area contributed by atoms with Crippen LogP contribution in [0.15, 0.2) is 36.4 Å². The molecule has 0 aliphatic heterocycles. The number of rotatable bonds is 1. The van der Waals surface area contributed by atoms with E-state index in [1.165, 1.54) is 62.5 Å². The molecular formula is C51H36O2. The van der Waals surface area contributed by atoms with Crippen molar-refractivity contribution in [3.05, 3.63) is 102 Å². The molecule has 0 radical (unpaired) electrons. The van der Waals surface area contributed by atoms with Crippen LogP contribution in [0.4, 0.5) is 0 Å². The van der Waals surface area contributed by atoms with Crippen molar-refractivity contribution >= 4 is 39.0 Å². The number of ether oxygens (including phenoxy) is 1. The van der Waals surface area contributed by atoms with Crippen molar-refractivity contribution in [1.29, 1.82) is 0 Å². The number of hydrogen-bond donors (Lipinski definition) is 0. The van der Waals surface area contributed by atoms with Crippen LogP contribution in [-0.4, -0.2) is 12.1 Å². The highest BCUT2D eigenvalue weighted by Crippen LogP contribution is 2.87. The average molecular weight is 681 g/mol. The van der Waals surface area contributed by atoms with Crippen LogP contribution < -0.4 is 20.9 Å². The van der Waals surface area contributed by atoms with Gasteiger partial charge in [0.15, 0.2) is 0 Å². The number of allylic oxidation sites excluding steroid dienone is 2. The standard InChI is InChI=1S/C51H36O2/c1-16(52)53-49-45-23-4-2-3-5-24(23)46(49)51-28-15-14-27-25-12-10-21-19-8-6-17-18-7-9-20-22-11-13-26(28)36-34(22)39-32(20)30(18)37-29(17)31(19)38-33(21)35(25)47(50(27,45)51)43-41(38)40(37)42(39)44(43)48(36)51/h2-6,8,17-20,27-29,31,45-46,49H,7,9-15H2,1H3/t17?,18?,19?,20?,27?,28?,29?,31?,45-,46+,49?,50?,51?/m0/s1. The first-order valence-electron chi connectivity index (χ1n) is 21.6. The van der Waals surface area contributed by atoms with Gasteiger partial charge in [0.25, 0.3) is 0 Å². The molecule has 0 amide bonds. The first-order valence-corrected chi connectivity index (χ1v) is 21.6. The van der Waals surface area contributed by atoms with Gasteiger partial charge in [-0.3, -0.25) is 4.79 Å². The van der Waals surface area contributed by atoms with Crippen LogP contribution in [0.2, 0.25) is 0 Å². The number of carbonyl (C=O) groups excluding carboxylic acids is 1. The highest BCUT2D eigenvalue weighted by molar-refractivity contribution is 6.25. The molecule has 11 unspecified atom stereocenters. The average Bonchev–Trinajstić information content (AvgIpc) is 4.03. The molecule has 4 aromatic carbocycles. The first-order chi connectivity index (χ1) is 26.2. The fourth-order valence-electron chi connectivity index (χ4n) is 20.6. The molecule has 2 bridgehead atoms. The van der Waals surface area contributed by atoms with Gasteiger partial charge in [-0.25, -0.2) is 0 Å². The van der Waals surface area contributed by atoms with Crippen LogP contribution in [0, 0.1) is 23.7 Å². The van der Waals surface area contributed by atoms with Crippen molar-refractivity contribution < 1.29 is 9.53 Å². The zero-order valence-electron chi connectivity index (χ0n) is 29.8. The summed E-state index contributed by atoms with van der Waals surface area (Å²) in [5.74, 6) is 5.38. The van der Waals surface area contributed by atoms with Crippen molar-refractivity contribution in [2.24, 2.45) is 23.7 Å². The van der Waals surface area contributed by atoms with E-state index in [-0.39, 0.29) is 34.7 Å². The number of esters is 1. The minimum absolute atomic E-state index is 0.0410. The van der Waals surface area contributed by atoms with E-state index in [2.05, 4.69) is 36.4 Å². The molecule has 252 valence electrons. The Balaban J connectivity index is 1.17. The van der Waals surface area contributed by atoms with Gasteiger partial charge in [0.05, 0.1) is 0 Å². The van der Waals surface area contributed by atoms with Gasteiger partial charge in [0.1, 0.15) is 6.10 Å². The maximum atomic E-state index is 13.5. The molecule has 4 aromatic rings. The van der Waals surface area contributed by atoms with E-state index in [4.69, 9.17) is 4.74 Å². The summed E-state index contributed by atoms with van der Waals surface area (Å²) < 4.78 is 6.91. The van der Waals surface area contributed by atoms with Crippen LogP contribution in [0.1, 0.15) is 138 Å². The van der Waals surface area contributed by atoms with Gasteiger partial charge in [0.2, 0.25) is 0 Å². The molecular weight excluding hydrogens is 645 g/mol. The van der Waals surface area contributed by atoms with Gasteiger partial charge < -0.3 is 4.74 Å². The van der Waals surface area contributed by atoms with Crippen LogP contribution >= 0.6 is 0 Å². The summed E-state index contributed by atoms with van der Waals surface area (Å²) in [6, 6.07) is 9.57. The Kier molecular flexibility index (Phi) is 3.18. The molecule has 16 aliphatic carbocycles. The van der Waals surface area contributed by atoms with Crippen molar-refractivity contribution in [1.82, 2.24) is 0 Å². The Labute approximate surface area is 306 Å². The molecule has 16 aliphatic rings. The minimum Gasteiger partial charge on any atom is -0.461 e. The van der Waals surface area contributed by atoms with Crippen molar-refractivity contribution in [2.45, 2.75) is 111 Å². The second-order valence-corrected chi connectivity index (χ2v) is 20.6. The molecule has 20 rings (SSSR count). The predicted octanol–water partition coefficient (Wildman–Crippen LogP) is 7.03. The SMILES string of the molecule is CC(=O)OC1[C@H]2c3ccccc3[C@@H]1C13c4c5c6c7c8c4=C4CCC=8C8C=CC9C%10CCC%11C%12=c%13c%14c(c-5c5c-6c(c%10c%11c%135)C9C78)C21C(CCC43)C=%14CC%12. The molecule has 13 atom stereocenters. The van der Waals surface area contributed by atoms with E-state index >= 15 is 0 Å². The molecule has 2 nitrogen and oxygen atoms in total. The fraction of sp³-hybridized carbons (Fsp3) is 0.431. The molecule has 2 spiro atoms. The highest BCUT2D eigenvalue weighted by atomic mass is 16.5. The lowest BCUT2D eigenvalue weighted by atomic mass is 9.38. The van der Waals surface area contributed by atoms with Crippen LogP contribution in [-0.2, 0) is 20.4 Å². The quantitative estimate of drug-likeness (QED) is 0.141. The van der Waals surface area contributed by atoms with E-state index in [0.29, 0.717) is 47.3 Å². The molecule has 0 aromatic heterocycles. The van der Waals surface area contributed by atoms with Gasteiger partial charge in [-0.1, -0.05) is 58.7 Å².